The minimum atomic E-state index is -1.00. The number of carboxylic acid groups (broad SMARTS) is 1. The Labute approximate surface area is 64.6 Å². The summed E-state index contributed by atoms with van der Waals surface area (Å²) >= 11 is 0. The Morgan fingerprint density at radius 3 is 2.09 bits per heavy atom. The molecule has 0 saturated carbocycles. The van der Waals surface area contributed by atoms with Crippen molar-refractivity contribution < 1.29 is 14.7 Å². The fourth-order valence-corrected chi connectivity index (χ4v) is 0.528. The minimum Gasteiger partial charge on any atom is -0.480 e. The molecule has 5 nitrogen and oxygen atoms in total. The molecule has 1 amide bonds. The molecule has 5 heteroatoms. The average molecular weight is 160 g/mol. The molecule has 0 aliphatic heterocycles. The van der Waals surface area contributed by atoms with Gasteiger partial charge in [0.1, 0.15) is 6.04 Å². The number of carboxylic acids is 1. The summed E-state index contributed by atoms with van der Waals surface area (Å²) in [4.78, 5) is 20.7. The molecule has 11 heavy (non-hydrogen) atoms. The first kappa shape index (κ1) is 9.90. The summed E-state index contributed by atoms with van der Waals surface area (Å²) in [5.41, 5.74) is 4.89. The number of amides is 1. The van der Waals surface area contributed by atoms with E-state index < -0.39 is 24.0 Å². The van der Waals surface area contributed by atoms with Crippen molar-refractivity contribution in [3.63, 3.8) is 0 Å². The van der Waals surface area contributed by atoms with Gasteiger partial charge in [0.2, 0.25) is 5.91 Å². The van der Waals surface area contributed by atoms with Crippen LogP contribution in [0.2, 0.25) is 0 Å². The van der Waals surface area contributed by atoms with Crippen LogP contribution in [0.1, 0.15) is 13.8 Å². The van der Waals surface area contributed by atoms with Crippen molar-refractivity contribution in [1.82, 2.24) is 5.32 Å². The predicted molar refractivity (Wildman–Crippen MR) is 38.9 cm³/mol. The molecule has 0 heterocycles. The van der Waals surface area contributed by atoms with Gasteiger partial charge in [-0.2, -0.15) is 0 Å². The van der Waals surface area contributed by atoms with Crippen LogP contribution >= 0.6 is 0 Å². The van der Waals surface area contributed by atoms with Crippen molar-refractivity contribution in [2.75, 3.05) is 0 Å². The van der Waals surface area contributed by atoms with Crippen molar-refractivity contribution in [1.29, 1.82) is 0 Å². The van der Waals surface area contributed by atoms with Gasteiger partial charge in [-0.05, 0) is 13.8 Å². The second kappa shape index (κ2) is 3.92. The van der Waals surface area contributed by atoms with Gasteiger partial charge in [-0.15, -0.1) is 0 Å². The number of hydrogen-bond acceptors (Lipinski definition) is 3. The maximum Gasteiger partial charge on any atom is 0.320 e. The van der Waals surface area contributed by atoms with Crippen LogP contribution in [-0.4, -0.2) is 29.1 Å². The number of rotatable bonds is 4. The first-order chi connectivity index (χ1) is 4.95. The number of carbonyl (C=O) groups excluding carboxylic acids is 1. The van der Waals surface area contributed by atoms with E-state index in [1.165, 1.54) is 13.8 Å². The number of nitrogens with two attached hydrogens (primary N) is 1. The molecule has 0 aromatic carbocycles. The summed E-state index contributed by atoms with van der Waals surface area (Å²) in [5, 5.41) is 10.9. The van der Waals surface area contributed by atoms with E-state index in [2.05, 4.69) is 5.32 Å². The highest BCUT2D eigenvalue weighted by atomic mass is 16.4. The summed E-state index contributed by atoms with van der Waals surface area (Å²) < 4.78 is 0. The zero-order chi connectivity index (χ0) is 9.02. The molecule has 0 unspecified atom stereocenters. The lowest BCUT2D eigenvalue weighted by atomic mass is 10.2. The zero-order valence-corrected chi connectivity index (χ0v) is 6.50. The third-order valence-corrected chi connectivity index (χ3v) is 1.30. The molecule has 2 atom stereocenters. The molecule has 0 fully saturated rings. The second-order valence-electron chi connectivity index (χ2n) is 2.35. The molecule has 64 valence electrons. The molecular formula is C6H12N2O3. The van der Waals surface area contributed by atoms with Crippen molar-refractivity contribution in [2.45, 2.75) is 25.9 Å². The third-order valence-electron chi connectivity index (χ3n) is 1.30. The molecule has 0 saturated heterocycles. The lowest BCUT2D eigenvalue weighted by Crippen LogP contribution is -2.46. The highest BCUT2D eigenvalue weighted by Gasteiger charge is 2.16. The fraction of sp³-hybridized carbons (Fsp3) is 0.667. The van der Waals surface area contributed by atoms with Crippen molar-refractivity contribution >= 4 is 11.9 Å². The van der Waals surface area contributed by atoms with Crippen molar-refractivity contribution in [3.05, 3.63) is 0 Å². The summed E-state index contributed by atoms with van der Waals surface area (Å²) in [6.45, 7) is 2.96. The van der Waals surface area contributed by atoms with Gasteiger partial charge in [0, 0.05) is 0 Å². The van der Waals surface area contributed by atoms with Gasteiger partial charge in [0.15, 0.2) is 0 Å². The van der Waals surface area contributed by atoms with Crippen molar-refractivity contribution in [3.8, 4) is 0 Å². The van der Waals surface area contributed by atoms with Crippen LogP contribution in [0.3, 0.4) is 0 Å². The molecule has 0 radical (unpaired) electrons. The van der Waals surface area contributed by atoms with Gasteiger partial charge in [0.25, 0.3) is 0 Å². The third kappa shape index (κ3) is 3.57. The summed E-state index contributed by atoms with van der Waals surface area (Å²) in [5.74, 6) is -1.56. The molecule has 0 spiro atoms. The van der Waals surface area contributed by atoms with E-state index in [0.717, 1.165) is 0 Å². The number of carbonyl (C=O) groups is 2. The van der Waals surface area contributed by atoms with E-state index in [1.807, 2.05) is 0 Å². The minimum absolute atomic E-state index is 0.557. The van der Waals surface area contributed by atoms with Crippen LogP contribution in [0.5, 0.6) is 0 Å². The molecule has 0 bridgehead atoms. The van der Waals surface area contributed by atoms with E-state index in [4.69, 9.17) is 10.8 Å². The van der Waals surface area contributed by atoms with Gasteiger partial charge in [-0.25, -0.2) is 0 Å². The van der Waals surface area contributed by atoms with Gasteiger partial charge < -0.3 is 10.8 Å². The Bertz CT molecular complexity index is 151. The van der Waals surface area contributed by atoms with E-state index in [1.54, 1.807) is 0 Å². The number of hydrogen-bond donors (Lipinski definition) is 3. The monoisotopic (exact) mass is 160 g/mol. The smallest absolute Gasteiger partial charge is 0.320 e. The lowest BCUT2D eigenvalue weighted by Gasteiger charge is -2.12. The topological polar surface area (TPSA) is 92.4 Å². The van der Waals surface area contributed by atoms with Gasteiger partial charge in [-0.3, -0.25) is 14.9 Å². The number of aliphatic carboxylic acids is 1. The maximum atomic E-state index is 10.4. The maximum absolute atomic E-state index is 10.4. The largest absolute Gasteiger partial charge is 0.480 e. The van der Waals surface area contributed by atoms with Crippen LogP contribution in [0.4, 0.5) is 0 Å². The van der Waals surface area contributed by atoms with Gasteiger partial charge >= 0.3 is 5.97 Å². The normalized spacial score (nSPS) is 15.5. The molecule has 0 aliphatic rings. The van der Waals surface area contributed by atoms with Gasteiger partial charge in [-0.1, -0.05) is 0 Å². The molecule has 0 rings (SSSR count). The van der Waals surface area contributed by atoms with Crippen molar-refractivity contribution in [2.24, 2.45) is 5.73 Å². The molecule has 4 N–H and O–H groups in total. The lowest BCUT2D eigenvalue weighted by molar-refractivity contribution is -0.139. The number of primary amides is 1. The Kier molecular flexibility index (Phi) is 3.53. The van der Waals surface area contributed by atoms with Crippen LogP contribution in [0.25, 0.3) is 0 Å². The van der Waals surface area contributed by atoms with Crippen LogP contribution in [-0.2, 0) is 9.59 Å². The summed E-state index contributed by atoms with van der Waals surface area (Å²) in [6, 6.07) is -1.36. The zero-order valence-electron chi connectivity index (χ0n) is 6.50. The Hall–Kier alpha value is -1.10. The highest BCUT2D eigenvalue weighted by Crippen LogP contribution is 1.85. The Morgan fingerprint density at radius 1 is 1.36 bits per heavy atom. The molecular weight excluding hydrogens is 148 g/mol. The Balaban J connectivity index is 3.84. The first-order valence-corrected chi connectivity index (χ1v) is 3.23. The molecule has 0 aromatic heterocycles. The highest BCUT2D eigenvalue weighted by molar-refractivity contribution is 5.81. The average Bonchev–Trinajstić information content (AvgIpc) is 1.87. The standard InChI is InChI=1S/C6H12N2O3/c1-3(5(7)9)8-4(2)6(10)11/h3-4,8H,1-2H3,(H2,7,9)(H,10,11)/t3-,4+/m0/s1. The van der Waals surface area contributed by atoms with Crippen LogP contribution in [0.15, 0.2) is 0 Å². The SMILES string of the molecule is C[C@H](N[C@H](C)C(=O)O)C(N)=O. The van der Waals surface area contributed by atoms with Gasteiger partial charge in [0.05, 0.1) is 6.04 Å². The summed E-state index contributed by atoms with van der Waals surface area (Å²) in [7, 11) is 0. The fourth-order valence-electron chi connectivity index (χ4n) is 0.528. The molecule has 0 aromatic rings. The number of nitrogens with one attached hydrogen (secondary N) is 1. The predicted octanol–water partition coefficient (Wildman–Crippen LogP) is -1.08. The van der Waals surface area contributed by atoms with E-state index in [9.17, 15) is 9.59 Å². The second-order valence-corrected chi connectivity index (χ2v) is 2.35. The molecule has 0 aliphatic carbocycles. The van der Waals surface area contributed by atoms with E-state index in [-0.39, 0.29) is 0 Å². The quantitative estimate of drug-likeness (QED) is 0.488. The van der Waals surface area contributed by atoms with E-state index >= 15 is 0 Å². The van der Waals surface area contributed by atoms with Crippen LogP contribution < -0.4 is 11.1 Å². The van der Waals surface area contributed by atoms with Crippen LogP contribution in [0, 0.1) is 0 Å². The van der Waals surface area contributed by atoms with E-state index in [0.29, 0.717) is 0 Å². The Morgan fingerprint density at radius 2 is 1.82 bits per heavy atom. The first-order valence-electron chi connectivity index (χ1n) is 3.23. The summed E-state index contributed by atoms with van der Waals surface area (Å²) in [6.07, 6.45) is 0.